The molecular weight excluding hydrogens is 558 g/mol. The summed E-state index contributed by atoms with van der Waals surface area (Å²) in [6.07, 6.45) is 4.34. The third kappa shape index (κ3) is 22.5. The molecule has 0 radical (unpaired) electrons. The molecule has 8 nitrogen and oxygen atoms in total. The third-order valence-corrected chi connectivity index (χ3v) is 9.79. The summed E-state index contributed by atoms with van der Waals surface area (Å²) in [5, 5.41) is 0. The molecule has 0 saturated heterocycles. The van der Waals surface area contributed by atoms with Crippen LogP contribution in [0.15, 0.2) is 11.6 Å². The van der Waals surface area contributed by atoms with Crippen molar-refractivity contribution in [3.63, 3.8) is 0 Å². The molecule has 0 aliphatic rings. The smallest absolute Gasteiger partial charge is 0.306 e. The van der Waals surface area contributed by atoms with Crippen LogP contribution in [-0.4, -0.2) is 67.3 Å². The van der Waals surface area contributed by atoms with Crippen molar-refractivity contribution in [1.29, 1.82) is 0 Å². The van der Waals surface area contributed by atoms with Crippen LogP contribution in [0.1, 0.15) is 74.7 Å². The molecule has 0 bridgehead atoms. The van der Waals surface area contributed by atoms with Gasteiger partial charge in [0.1, 0.15) is 0 Å². The van der Waals surface area contributed by atoms with E-state index in [1.807, 2.05) is 40.7 Å². The Morgan fingerprint density at radius 1 is 0.771 bits per heavy atom. The minimum Gasteiger partial charge on any atom is -0.466 e. The molecule has 2 atom stereocenters. The van der Waals surface area contributed by atoms with Gasteiger partial charge in [-0.15, -0.1) is 0 Å². The highest BCUT2D eigenvalue weighted by Gasteiger charge is 2.27. The van der Waals surface area contributed by atoms with Crippen LogP contribution < -0.4 is 0 Å². The van der Waals surface area contributed by atoms with Gasteiger partial charge in [-0.3, -0.25) is 18.7 Å². The van der Waals surface area contributed by atoms with Crippen molar-refractivity contribution in [1.82, 2.24) is 0 Å². The number of hydrogen-bond donors (Lipinski definition) is 0. The lowest BCUT2D eigenvalue weighted by Crippen LogP contribution is -2.15. The fourth-order valence-corrected chi connectivity index (χ4v) is 7.60. The van der Waals surface area contributed by atoms with Gasteiger partial charge in [-0.05, 0) is 48.0 Å². The van der Waals surface area contributed by atoms with Crippen molar-refractivity contribution in [3.8, 4) is 0 Å². The summed E-state index contributed by atoms with van der Waals surface area (Å²) in [5.74, 6) is -0.625. The SMILES string of the molecule is CCOC(=O)CCP(=O)(CC=C(C)C)OCC.CCOC(=O)CCP(=O)(CCC(C)(C)Br)OCC. The molecule has 0 amide bonds. The van der Waals surface area contributed by atoms with Crippen molar-refractivity contribution < 1.29 is 37.2 Å². The van der Waals surface area contributed by atoms with Crippen molar-refractivity contribution in [3.05, 3.63) is 11.6 Å². The van der Waals surface area contributed by atoms with E-state index >= 15 is 0 Å². The zero-order valence-corrected chi connectivity index (χ0v) is 26.3. The van der Waals surface area contributed by atoms with Crippen LogP contribution in [0.25, 0.3) is 0 Å². The van der Waals surface area contributed by atoms with Crippen LogP contribution >= 0.6 is 30.7 Å². The Morgan fingerprint density at radius 2 is 1.20 bits per heavy atom. The van der Waals surface area contributed by atoms with Crippen LogP contribution in [0.3, 0.4) is 0 Å². The number of hydrogen-bond acceptors (Lipinski definition) is 8. The second-order valence-corrected chi connectivity index (χ2v) is 16.3. The molecule has 0 heterocycles. The maximum Gasteiger partial charge on any atom is 0.306 e. The van der Waals surface area contributed by atoms with Gasteiger partial charge < -0.3 is 18.5 Å². The van der Waals surface area contributed by atoms with Gasteiger partial charge >= 0.3 is 11.9 Å². The first kappa shape index (κ1) is 36.7. The second kappa shape index (κ2) is 19.6. The fourth-order valence-electron chi connectivity index (χ4n) is 2.67. The molecule has 0 fully saturated rings. The quantitative estimate of drug-likeness (QED) is 0.0753. The number of esters is 2. The Morgan fingerprint density at radius 3 is 1.57 bits per heavy atom. The van der Waals surface area contributed by atoms with Crippen LogP contribution in [0.5, 0.6) is 0 Å². The first-order chi connectivity index (χ1) is 16.2. The Bertz CT molecular complexity index is 728. The van der Waals surface area contributed by atoms with E-state index in [-0.39, 0.29) is 41.4 Å². The number of rotatable bonds is 17. The Labute approximate surface area is 221 Å². The van der Waals surface area contributed by atoms with E-state index in [4.69, 9.17) is 18.5 Å². The van der Waals surface area contributed by atoms with Crippen molar-refractivity contribution >= 4 is 42.6 Å². The molecule has 0 N–H and O–H groups in total. The number of halogens is 1. The van der Waals surface area contributed by atoms with Crippen molar-refractivity contribution in [2.75, 3.05) is 51.1 Å². The van der Waals surface area contributed by atoms with Gasteiger partial charge in [-0.1, -0.05) is 41.4 Å². The molecule has 0 spiro atoms. The molecule has 0 aromatic carbocycles. The van der Waals surface area contributed by atoms with Gasteiger partial charge in [0.2, 0.25) is 14.7 Å². The molecule has 0 rings (SSSR count). The van der Waals surface area contributed by atoms with Gasteiger partial charge in [-0.2, -0.15) is 0 Å². The Balaban J connectivity index is 0. The normalized spacial score (nSPS) is 14.5. The molecule has 0 aliphatic carbocycles. The van der Waals surface area contributed by atoms with E-state index in [2.05, 4.69) is 15.9 Å². The number of alkyl halides is 1. The van der Waals surface area contributed by atoms with E-state index < -0.39 is 14.7 Å². The first-order valence-corrected chi connectivity index (χ1v) is 17.0. The van der Waals surface area contributed by atoms with Gasteiger partial charge in [0.25, 0.3) is 0 Å². The zero-order chi connectivity index (χ0) is 27.5. The summed E-state index contributed by atoms with van der Waals surface area (Å²) in [6.45, 7) is 16.6. The zero-order valence-electron chi connectivity index (χ0n) is 22.9. The average Bonchev–Trinajstić information content (AvgIpc) is 2.75. The molecular formula is C24H47BrO8P2. The second-order valence-electron chi connectivity index (χ2n) is 8.68. The topological polar surface area (TPSA) is 105 Å². The molecule has 0 aliphatic heterocycles. The highest BCUT2D eigenvalue weighted by atomic mass is 79.9. The Kier molecular flexibility index (Phi) is 20.6. The summed E-state index contributed by atoms with van der Waals surface area (Å²) in [6, 6.07) is 0. The van der Waals surface area contributed by atoms with Gasteiger partial charge in [0, 0.05) is 29.0 Å². The van der Waals surface area contributed by atoms with Crippen LogP contribution in [0.2, 0.25) is 0 Å². The lowest BCUT2D eigenvalue weighted by atomic mass is 10.2. The lowest BCUT2D eigenvalue weighted by Gasteiger charge is -2.22. The average molecular weight is 605 g/mol. The standard InChI is InChI=1S/C12H24BrO4P.C12H23O4P/c1-5-16-11(14)7-9-18(15,17-6-2)10-8-12(3,4)13;1-5-15-12(13)8-10-17(14,16-6-2)9-7-11(3)4/h5-10H2,1-4H3;7H,5-6,8-10H2,1-4H3. The van der Waals surface area contributed by atoms with Crippen LogP contribution in [0, 0.1) is 0 Å². The molecule has 0 saturated carbocycles. The van der Waals surface area contributed by atoms with Gasteiger partial charge in [0.05, 0.1) is 39.3 Å². The van der Waals surface area contributed by atoms with E-state index in [9.17, 15) is 18.7 Å². The third-order valence-electron chi connectivity index (χ3n) is 4.48. The largest absolute Gasteiger partial charge is 0.466 e. The Hall–Kier alpha value is -0.460. The van der Waals surface area contributed by atoms with Gasteiger partial charge in [0.15, 0.2) is 0 Å². The maximum absolute atomic E-state index is 12.5. The number of carbonyl (C=O) groups is 2. The fraction of sp³-hybridized carbons (Fsp3) is 0.833. The molecule has 11 heteroatoms. The minimum absolute atomic E-state index is 0.0658. The number of allylic oxidation sites excluding steroid dienone is 2. The van der Waals surface area contributed by atoms with Crippen molar-refractivity contribution in [2.45, 2.75) is 79.0 Å². The van der Waals surface area contributed by atoms with E-state index in [1.54, 1.807) is 20.8 Å². The predicted molar refractivity (Wildman–Crippen MR) is 147 cm³/mol. The van der Waals surface area contributed by atoms with E-state index in [0.717, 1.165) is 12.0 Å². The minimum atomic E-state index is -2.73. The summed E-state index contributed by atoms with van der Waals surface area (Å²) in [7, 11) is -5.45. The van der Waals surface area contributed by atoms with Gasteiger partial charge in [-0.25, -0.2) is 0 Å². The molecule has 0 aromatic heterocycles. The molecule has 208 valence electrons. The van der Waals surface area contributed by atoms with E-state index in [0.29, 0.717) is 38.8 Å². The highest BCUT2D eigenvalue weighted by molar-refractivity contribution is 9.10. The lowest BCUT2D eigenvalue weighted by molar-refractivity contribution is -0.143. The maximum atomic E-state index is 12.5. The molecule has 0 aromatic rings. The van der Waals surface area contributed by atoms with E-state index in [1.165, 1.54) is 0 Å². The predicted octanol–water partition coefficient (Wildman–Crippen LogP) is 7.04. The highest BCUT2D eigenvalue weighted by Crippen LogP contribution is 2.49. The van der Waals surface area contributed by atoms with Crippen LogP contribution in [0.4, 0.5) is 0 Å². The number of carbonyl (C=O) groups excluding carboxylic acids is 2. The first-order valence-electron chi connectivity index (χ1n) is 12.2. The summed E-state index contributed by atoms with van der Waals surface area (Å²) in [5.41, 5.74) is 1.10. The number of ether oxygens (including phenoxy) is 2. The summed E-state index contributed by atoms with van der Waals surface area (Å²) < 4.78 is 45.1. The summed E-state index contributed by atoms with van der Waals surface area (Å²) in [4.78, 5) is 22.5. The van der Waals surface area contributed by atoms with Crippen molar-refractivity contribution in [2.24, 2.45) is 0 Å². The monoisotopic (exact) mass is 604 g/mol. The molecule has 2 unspecified atom stereocenters. The van der Waals surface area contributed by atoms with Crippen LogP contribution in [-0.2, 0) is 37.2 Å². The summed E-state index contributed by atoms with van der Waals surface area (Å²) >= 11 is 3.52. The molecule has 35 heavy (non-hydrogen) atoms.